The summed E-state index contributed by atoms with van der Waals surface area (Å²) in [7, 11) is 3.18. The van der Waals surface area contributed by atoms with Crippen LogP contribution in [0.5, 0.6) is 5.75 Å². The Bertz CT molecular complexity index is 1310. The minimum absolute atomic E-state index is 0.0286. The number of carbonyl (C=O) groups is 1. The molecule has 0 bridgehead atoms. The number of H-pyrrole nitrogens is 1. The van der Waals surface area contributed by atoms with E-state index < -0.39 is 17.9 Å². The summed E-state index contributed by atoms with van der Waals surface area (Å²) in [5.74, 6) is -3.67. The van der Waals surface area contributed by atoms with E-state index in [9.17, 15) is 9.59 Å². The van der Waals surface area contributed by atoms with Crippen LogP contribution in [-0.2, 0) is 6.54 Å². The molecule has 7 nitrogen and oxygen atoms in total. The highest BCUT2D eigenvalue weighted by molar-refractivity contribution is 6.08. The highest BCUT2D eigenvalue weighted by Gasteiger charge is 2.47. The Morgan fingerprint density at radius 3 is 2.71 bits per heavy atom. The van der Waals surface area contributed by atoms with Gasteiger partial charge in [0, 0.05) is 34.3 Å². The molecule has 3 aromatic rings. The van der Waals surface area contributed by atoms with Crippen molar-refractivity contribution in [2.24, 2.45) is 5.92 Å². The number of ether oxygens (including phenoxy) is 1. The standard InChI is InChI=1S/C26H32F2N4O3/c1-15-12-22(35-5)19(24(33)30-15)13-29-25(34)23-17(3)32(21-9-7-6-8-18(21)23)16(2)20-10-11-31(4)14-26(20,27)28/h6-9,12,16,20H,10-11,13-14H2,1-5H3,(H,29,34)(H,30,33). The molecule has 9 heteroatoms. The van der Waals surface area contributed by atoms with Gasteiger partial charge >= 0.3 is 0 Å². The average molecular weight is 487 g/mol. The molecule has 1 aliphatic heterocycles. The molecule has 188 valence electrons. The Morgan fingerprint density at radius 1 is 1.31 bits per heavy atom. The fourth-order valence-electron chi connectivity index (χ4n) is 5.40. The summed E-state index contributed by atoms with van der Waals surface area (Å²) in [5, 5.41) is 3.52. The SMILES string of the molecule is COc1cc(C)[nH]c(=O)c1CNC(=O)c1c(C)n(C(C)C2CCN(C)CC2(F)F)c2ccccc12. The Balaban J connectivity index is 1.69. The minimum atomic E-state index is -2.84. The maximum atomic E-state index is 15.0. The van der Waals surface area contributed by atoms with Gasteiger partial charge < -0.3 is 24.5 Å². The van der Waals surface area contributed by atoms with Crippen molar-refractivity contribution >= 4 is 16.8 Å². The van der Waals surface area contributed by atoms with Crippen LogP contribution in [0.25, 0.3) is 10.9 Å². The zero-order valence-electron chi connectivity index (χ0n) is 20.7. The quantitative estimate of drug-likeness (QED) is 0.551. The third kappa shape index (κ3) is 4.57. The van der Waals surface area contributed by atoms with Gasteiger partial charge in [0.25, 0.3) is 17.4 Å². The van der Waals surface area contributed by atoms with E-state index in [2.05, 4.69) is 10.3 Å². The van der Waals surface area contributed by atoms with Crippen LogP contribution in [0, 0.1) is 19.8 Å². The molecular weight excluding hydrogens is 454 g/mol. The van der Waals surface area contributed by atoms with Crippen molar-refractivity contribution in [1.29, 1.82) is 0 Å². The van der Waals surface area contributed by atoms with Crippen LogP contribution >= 0.6 is 0 Å². The predicted octanol–water partition coefficient (Wildman–Crippen LogP) is 4.03. The van der Waals surface area contributed by atoms with Crippen LogP contribution in [0.3, 0.4) is 0 Å². The normalized spacial score (nSPS) is 19.0. The lowest BCUT2D eigenvalue weighted by Gasteiger charge is -2.40. The van der Waals surface area contributed by atoms with Crippen molar-refractivity contribution in [2.45, 2.75) is 45.7 Å². The molecular formula is C26H32F2N4O3. The fourth-order valence-corrected chi connectivity index (χ4v) is 5.40. The number of hydrogen-bond acceptors (Lipinski definition) is 4. The molecule has 0 aliphatic carbocycles. The number of rotatable bonds is 6. The summed E-state index contributed by atoms with van der Waals surface area (Å²) in [6.45, 7) is 5.64. The number of methoxy groups -OCH3 is 1. The molecule has 1 aromatic carbocycles. The van der Waals surface area contributed by atoms with Gasteiger partial charge in [-0.15, -0.1) is 0 Å². The largest absolute Gasteiger partial charge is 0.496 e. The van der Waals surface area contributed by atoms with Gasteiger partial charge in [-0.25, -0.2) is 8.78 Å². The van der Waals surface area contributed by atoms with E-state index in [1.807, 2.05) is 35.8 Å². The topological polar surface area (TPSA) is 79.4 Å². The van der Waals surface area contributed by atoms with Crippen LogP contribution in [0.1, 0.15) is 46.7 Å². The molecule has 2 aromatic heterocycles. The monoisotopic (exact) mass is 486 g/mol. The number of piperidine rings is 1. The third-order valence-corrected chi connectivity index (χ3v) is 7.09. The number of hydrogen-bond donors (Lipinski definition) is 2. The number of aromatic nitrogens is 2. The number of carbonyl (C=O) groups excluding carboxylic acids is 1. The Kier molecular flexibility index (Phi) is 6.73. The van der Waals surface area contributed by atoms with Crippen LogP contribution in [0.4, 0.5) is 8.78 Å². The number of likely N-dealkylation sites (tertiary alicyclic amines) is 1. The lowest BCUT2D eigenvalue weighted by atomic mass is 9.86. The van der Waals surface area contributed by atoms with E-state index in [4.69, 9.17) is 4.74 Å². The predicted molar refractivity (Wildman–Crippen MR) is 131 cm³/mol. The van der Waals surface area contributed by atoms with Gasteiger partial charge in [0.05, 0.1) is 31.3 Å². The highest BCUT2D eigenvalue weighted by atomic mass is 19.3. The number of benzene rings is 1. The van der Waals surface area contributed by atoms with Crippen molar-refractivity contribution in [1.82, 2.24) is 19.8 Å². The first-order valence-electron chi connectivity index (χ1n) is 11.8. The third-order valence-electron chi connectivity index (χ3n) is 7.09. The first kappa shape index (κ1) is 24.9. The van der Waals surface area contributed by atoms with E-state index in [1.54, 1.807) is 31.9 Å². The molecule has 0 spiro atoms. The number of alkyl halides is 2. The van der Waals surface area contributed by atoms with E-state index >= 15 is 8.78 Å². The van der Waals surface area contributed by atoms with Crippen molar-refractivity contribution < 1.29 is 18.3 Å². The van der Waals surface area contributed by atoms with Crippen LogP contribution in [0.2, 0.25) is 0 Å². The van der Waals surface area contributed by atoms with Gasteiger partial charge in [0.2, 0.25) is 0 Å². The van der Waals surface area contributed by atoms with Gasteiger partial charge in [0.15, 0.2) is 0 Å². The number of fused-ring (bicyclic) bond motifs is 1. The molecule has 0 radical (unpaired) electrons. The maximum Gasteiger partial charge on any atom is 0.265 e. The number of pyridine rings is 1. The van der Waals surface area contributed by atoms with E-state index in [1.165, 1.54) is 7.11 Å². The molecule has 1 amide bonds. The van der Waals surface area contributed by atoms with E-state index in [-0.39, 0.29) is 24.6 Å². The summed E-state index contributed by atoms with van der Waals surface area (Å²) in [6, 6.07) is 8.54. The van der Waals surface area contributed by atoms with Gasteiger partial charge in [-0.05, 0) is 52.9 Å². The average Bonchev–Trinajstić information content (AvgIpc) is 3.08. The van der Waals surface area contributed by atoms with Crippen molar-refractivity contribution in [2.75, 3.05) is 27.2 Å². The number of aromatic amines is 1. The summed E-state index contributed by atoms with van der Waals surface area (Å²) in [6.07, 6.45) is 0.369. The molecule has 3 heterocycles. The van der Waals surface area contributed by atoms with Crippen LogP contribution in [0.15, 0.2) is 35.1 Å². The summed E-state index contributed by atoms with van der Waals surface area (Å²) in [4.78, 5) is 30.2. The zero-order chi connectivity index (χ0) is 25.5. The van der Waals surface area contributed by atoms with Gasteiger partial charge in [-0.1, -0.05) is 18.2 Å². The smallest absolute Gasteiger partial charge is 0.265 e. The molecule has 2 atom stereocenters. The van der Waals surface area contributed by atoms with Crippen molar-refractivity contribution in [3.8, 4) is 5.75 Å². The van der Waals surface area contributed by atoms with Gasteiger partial charge in [-0.3, -0.25) is 9.59 Å². The lowest BCUT2D eigenvalue weighted by molar-refractivity contribution is -0.119. The molecule has 1 saturated heterocycles. The molecule has 1 aliphatic rings. The Hall–Kier alpha value is -3.20. The number of aryl methyl sites for hydroxylation is 1. The maximum absolute atomic E-state index is 15.0. The molecule has 2 unspecified atom stereocenters. The highest BCUT2D eigenvalue weighted by Crippen LogP contribution is 2.42. The second-order valence-electron chi connectivity index (χ2n) is 9.49. The first-order chi connectivity index (χ1) is 16.5. The number of halogens is 2. The van der Waals surface area contributed by atoms with Crippen LogP contribution in [-0.4, -0.2) is 53.5 Å². The van der Waals surface area contributed by atoms with Gasteiger partial charge in [-0.2, -0.15) is 0 Å². The van der Waals surface area contributed by atoms with E-state index in [0.29, 0.717) is 46.6 Å². The second kappa shape index (κ2) is 9.45. The summed E-state index contributed by atoms with van der Waals surface area (Å²) >= 11 is 0. The molecule has 1 fully saturated rings. The van der Waals surface area contributed by atoms with Crippen molar-refractivity contribution in [3.63, 3.8) is 0 Å². The molecule has 4 rings (SSSR count). The second-order valence-corrected chi connectivity index (χ2v) is 9.49. The molecule has 2 N–H and O–H groups in total. The summed E-state index contributed by atoms with van der Waals surface area (Å²) in [5.41, 5.74) is 2.41. The summed E-state index contributed by atoms with van der Waals surface area (Å²) < 4.78 is 37.2. The molecule has 35 heavy (non-hydrogen) atoms. The minimum Gasteiger partial charge on any atom is -0.496 e. The fraction of sp³-hybridized carbons (Fsp3) is 0.462. The van der Waals surface area contributed by atoms with Crippen molar-refractivity contribution in [3.05, 3.63) is 63.2 Å². The number of para-hydroxylation sites is 1. The van der Waals surface area contributed by atoms with Gasteiger partial charge in [0.1, 0.15) is 5.75 Å². The number of amides is 1. The number of nitrogens with zero attached hydrogens (tertiary/aromatic N) is 2. The van der Waals surface area contributed by atoms with E-state index in [0.717, 1.165) is 5.52 Å². The first-order valence-corrected chi connectivity index (χ1v) is 11.8. The molecule has 0 saturated carbocycles. The lowest BCUT2D eigenvalue weighted by Crippen LogP contribution is -2.49. The number of nitrogens with one attached hydrogen (secondary N) is 2. The Labute approximate surface area is 203 Å². The Morgan fingerprint density at radius 2 is 2.03 bits per heavy atom. The zero-order valence-corrected chi connectivity index (χ0v) is 20.7. The van der Waals surface area contributed by atoms with Crippen LogP contribution < -0.4 is 15.6 Å².